The van der Waals surface area contributed by atoms with Gasteiger partial charge in [-0.05, 0) is 84.4 Å². The molecule has 0 amide bonds. The van der Waals surface area contributed by atoms with Crippen LogP contribution in [0.25, 0.3) is 0 Å². The second kappa shape index (κ2) is 14.0. The minimum absolute atomic E-state index is 0.172. The van der Waals surface area contributed by atoms with Crippen molar-refractivity contribution in [1.82, 2.24) is 0 Å². The highest BCUT2D eigenvalue weighted by atomic mass is 32.2. The first kappa shape index (κ1) is 28.5. The van der Waals surface area contributed by atoms with Crippen molar-refractivity contribution in [1.29, 1.82) is 0 Å². The Labute approximate surface area is 223 Å². The zero-order chi connectivity index (χ0) is 26.8. The van der Waals surface area contributed by atoms with Crippen molar-refractivity contribution in [3.63, 3.8) is 0 Å². The summed E-state index contributed by atoms with van der Waals surface area (Å²) in [6.07, 6.45) is 1.94. The number of rotatable bonds is 13. The van der Waals surface area contributed by atoms with Gasteiger partial charge in [-0.25, -0.2) is 4.39 Å². The van der Waals surface area contributed by atoms with E-state index in [1.54, 1.807) is 12.1 Å². The molecule has 1 N–H and O–H groups in total. The zero-order valence-electron chi connectivity index (χ0n) is 21.7. The maximum absolute atomic E-state index is 13.0. The SMILES string of the molecule is CC(C)Cc1ccc(C(C)C(=O)OCc2ccc(CC(CCSc3ccc(F)cc3)C(=O)O)cc2)cc1. The van der Waals surface area contributed by atoms with E-state index in [0.717, 1.165) is 28.0 Å². The fraction of sp³-hybridized carbons (Fsp3) is 0.355. The number of carbonyl (C=O) groups excluding carboxylic acids is 1. The third-order valence-corrected chi connectivity index (χ3v) is 7.31. The standard InChI is InChI=1S/C31H35FO4S/c1-21(2)18-23-8-10-26(11-9-23)22(3)31(35)36-20-25-6-4-24(5-7-25)19-27(30(33)34)16-17-37-29-14-12-28(32)13-15-29/h4-15,21-22,27H,16-20H2,1-3H3,(H,33,34). The molecule has 0 heterocycles. The lowest BCUT2D eigenvalue weighted by Crippen LogP contribution is -2.17. The number of carboxylic acid groups (broad SMARTS) is 1. The van der Waals surface area contributed by atoms with Crippen LogP contribution in [0.4, 0.5) is 4.39 Å². The number of esters is 1. The fourth-order valence-corrected chi connectivity index (χ4v) is 5.01. The average molecular weight is 523 g/mol. The van der Waals surface area contributed by atoms with Crippen molar-refractivity contribution >= 4 is 23.7 Å². The first-order chi connectivity index (χ1) is 17.7. The Kier molecular flexibility index (Phi) is 10.8. The number of aliphatic carboxylic acids is 1. The molecule has 4 nitrogen and oxygen atoms in total. The second-order valence-corrected chi connectivity index (χ2v) is 11.0. The molecule has 0 saturated heterocycles. The summed E-state index contributed by atoms with van der Waals surface area (Å²) in [7, 11) is 0. The molecule has 0 saturated carbocycles. The summed E-state index contributed by atoms with van der Waals surface area (Å²) in [5.41, 5.74) is 3.97. The van der Waals surface area contributed by atoms with Gasteiger partial charge in [-0.15, -0.1) is 11.8 Å². The predicted octanol–water partition coefficient (Wildman–Crippen LogP) is 7.30. The largest absolute Gasteiger partial charge is 0.481 e. The summed E-state index contributed by atoms with van der Waals surface area (Å²) < 4.78 is 18.6. The molecule has 0 aliphatic carbocycles. The third kappa shape index (κ3) is 9.36. The van der Waals surface area contributed by atoms with Crippen LogP contribution < -0.4 is 0 Å². The molecule has 0 spiro atoms. The summed E-state index contributed by atoms with van der Waals surface area (Å²) in [6, 6.07) is 21.9. The van der Waals surface area contributed by atoms with Crippen molar-refractivity contribution < 1.29 is 23.8 Å². The number of halogens is 1. The summed E-state index contributed by atoms with van der Waals surface area (Å²) in [4.78, 5) is 25.3. The van der Waals surface area contributed by atoms with E-state index in [2.05, 4.69) is 26.0 Å². The highest BCUT2D eigenvalue weighted by Crippen LogP contribution is 2.23. The van der Waals surface area contributed by atoms with Gasteiger partial charge in [-0.1, -0.05) is 62.4 Å². The minimum Gasteiger partial charge on any atom is -0.481 e. The van der Waals surface area contributed by atoms with Crippen LogP contribution in [0, 0.1) is 17.7 Å². The number of ether oxygens (including phenoxy) is 1. The number of carbonyl (C=O) groups is 2. The topological polar surface area (TPSA) is 63.6 Å². The van der Waals surface area contributed by atoms with Crippen molar-refractivity contribution in [3.05, 3.63) is 101 Å². The van der Waals surface area contributed by atoms with E-state index >= 15 is 0 Å². The lowest BCUT2D eigenvalue weighted by atomic mass is 9.96. The monoisotopic (exact) mass is 522 g/mol. The Balaban J connectivity index is 1.47. The Morgan fingerprint density at radius 3 is 2.00 bits per heavy atom. The summed E-state index contributed by atoms with van der Waals surface area (Å²) >= 11 is 1.52. The van der Waals surface area contributed by atoms with Crippen molar-refractivity contribution in [2.75, 3.05) is 5.75 Å². The van der Waals surface area contributed by atoms with Gasteiger partial charge in [0.1, 0.15) is 12.4 Å². The maximum atomic E-state index is 13.0. The fourth-order valence-electron chi connectivity index (χ4n) is 4.05. The van der Waals surface area contributed by atoms with Crippen LogP contribution in [0.1, 0.15) is 55.4 Å². The minimum atomic E-state index is -0.830. The molecule has 3 aromatic rings. The molecule has 0 aliphatic rings. The molecular formula is C31H35FO4S. The van der Waals surface area contributed by atoms with Gasteiger partial charge < -0.3 is 9.84 Å². The van der Waals surface area contributed by atoms with Crippen LogP contribution in [0.2, 0.25) is 0 Å². The molecule has 0 radical (unpaired) electrons. The normalized spacial score (nSPS) is 12.8. The first-order valence-electron chi connectivity index (χ1n) is 12.7. The van der Waals surface area contributed by atoms with E-state index in [1.807, 2.05) is 43.3 Å². The molecule has 0 aliphatic heterocycles. The van der Waals surface area contributed by atoms with E-state index in [9.17, 15) is 19.1 Å². The van der Waals surface area contributed by atoms with Gasteiger partial charge in [-0.2, -0.15) is 0 Å². The van der Waals surface area contributed by atoms with Gasteiger partial charge in [0.2, 0.25) is 0 Å². The van der Waals surface area contributed by atoms with E-state index < -0.39 is 11.9 Å². The van der Waals surface area contributed by atoms with Gasteiger partial charge >= 0.3 is 11.9 Å². The molecular weight excluding hydrogens is 487 g/mol. The van der Waals surface area contributed by atoms with Crippen LogP contribution in [0.5, 0.6) is 0 Å². The quantitative estimate of drug-likeness (QED) is 0.189. The third-order valence-electron chi connectivity index (χ3n) is 6.26. The second-order valence-electron chi connectivity index (χ2n) is 9.82. The van der Waals surface area contributed by atoms with E-state index in [4.69, 9.17) is 4.74 Å². The molecule has 3 rings (SSSR count). The summed E-state index contributed by atoms with van der Waals surface area (Å²) in [6.45, 7) is 6.39. The van der Waals surface area contributed by atoms with E-state index in [-0.39, 0.29) is 24.3 Å². The summed E-state index contributed by atoms with van der Waals surface area (Å²) in [5.74, 6) is -1.03. The number of carboxylic acids is 1. The molecule has 0 aromatic heterocycles. The maximum Gasteiger partial charge on any atom is 0.313 e. The molecule has 2 unspecified atom stereocenters. The predicted molar refractivity (Wildman–Crippen MR) is 146 cm³/mol. The Hall–Kier alpha value is -3.12. The highest BCUT2D eigenvalue weighted by Gasteiger charge is 2.19. The van der Waals surface area contributed by atoms with Crippen LogP contribution in [-0.2, 0) is 33.8 Å². The van der Waals surface area contributed by atoms with Gasteiger partial charge in [-0.3, -0.25) is 9.59 Å². The first-order valence-corrected chi connectivity index (χ1v) is 13.6. The molecule has 196 valence electrons. The smallest absolute Gasteiger partial charge is 0.313 e. The molecule has 37 heavy (non-hydrogen) atoms. The molecule has 2 atom stereocenters. The summed E-state index contributed by atoms with van der Waals surface area (Å²) in [5, 5.41) is 9.65. The van der Waals surface area contributed by atoms with Crippen LogP contribution in [-0.4, -0.2) is 22.8 Å². The van der Waals surface area contributed by atoms with Crippen LogP contribution >= 0.6 is 11.8 Å². The average Bonchev–Trinajstić information content (AvgIpc) is 2.88. The van der Waals surface area contributed by atoms with Gasteiger partial charge in [0.15, 0.2) is 0 Å². The molecule has 6 heteroatoms. The molecule has 0 fully saturated rings. The Morgan fingerprint density at radius 1 is 0.838 bits per heavy atom. The van der Waals surface area contributed by atoms with E-state index in [0.29, 0.717) is 24.5 Å². The van der Waals surface area contributed by atoms with Gasteiger partial charge in [0, 0.05) is 4.90 Å². The Bertz CT molecular complexity index is 1140. The number of hydrogen-bond acceptors (Lipinski definition) is 4. The molecule has 0 bridgehead atoms. The number of thioether (sulfide) groups is 1. The van der Waals surface area contributed by atoms with Gasteiger partial charge in [0.25, 0.3) is 0 Å². The Morgan fingerprint density at radius 2 is 1.41 bits per heavy atom. The van der Waals surface area contributed by atoms with Crippen molar-refractivity contribution in [3.8, 4) is 0 Å². The molecule has 3 aromatic carbocycles. The van der Waals surface area contributed by atoms with Gasteiger partial charge in [0.05, 0.1) is 11.8 Å². The lowest BCUT2D eigenvalue weighted by molar-refractivity contribution is -0.146. The zero-order valence-corrected chi connectivity index (χ0v) is 22.5. The van der Waals surface area contributed by atoms with E-state index in [1.165, 1.54) is 29.5 Å². The van der Waals surface area contributed by atoms with Crippen molar-refractivity contribution in [2.24, 2.45) is 11.8 Å². The number of hydrogen-bond donors (Lipinski definition) is 1. The van der Waals surface area contributed by atoms with Crippen LogP contribution in [0.3, 0.4) is 0 Å². The highest BCUT2D eigenvalue weighted by molar-refractivity contribution is 7.99. The lowest BCUT2D eigenvalue weighted by Gasteiger charge is -2.14. The van der Waals surface area contributed by atoms with Crippen molar-refractivity contribution in [2.45, 2.75) is 57.5 Å². The number of benzene rings is 3. The van der Waals surface area contributed by atoms with Crippen LogP contribution in [0.15, 0.2) is 77.7 Å².